The number of nitrogens with one attached hydrogen (secondary N) is 1. The van der Waals surface area contributed by atoms with E-state index in [0.29, 0.717) is 5.56 Å². The molecule has 0 saturated heterocycles. The standard InChI is InChI=1S/C19H24N2O3S/c1-5-18(15-8-6-14(2)7-9-15)20-19(22)16-10-12-17(13-11-16)25(23,24)21(3)4/h6-13,18H,5H2,1-4H3,(H,20,22). The average molecular weight is 360 g/mol. The molecule has 2 rings (SSSR count). The van der Waals surface area contributed by atoms with Gasteiger partial charge >= 0.3 is 0 Å². The summed E-state index contributed by atoms with van der Waals surface area (Å²) in [5, 5.41) is 3.00. The molecule has 0 bridgehead atoms. The van der Waals surface area contributed by atoms with Gasteiger partial charge in [0.15, 0.2) is 0 Å². The van der Waals surface area contributed by atoms with Crippen LogP contribution in [-0.4, -0.2) is 32.7 Å². The zero-order valence-corrected chi connectivity index (χ0v) is 15.8. The van der Waals surface area contributed by atoms with Gasteiger partial charge in [-0.25, -0.2) is 12.7 Å². The minimum Gasteiger partial charge on any atom is -0.345 e. The van der Waals surface area contributed by atoms with Crippen molar-refractivity contribution >= 4 is 15.9 Å². The van der Waals surface area contributed by atoms with Crippen molar-refractivity contribution < 1.29 is 13.2 Å². The zero-order chi connectivity index (χ0) is 18.6. The van der Waals surface area contributed by atoms with Gasteiger partial charge in [-0.05, 0) is 43.2 Å². The van der Waals surface area contributed by atoms with Crippen LogP contribution in [0.15, 0.2) is 53.4 Å². The largest absolute Gasteiger partial charge is 0.345 e. The number of hydrogen-bond acceptors (Lipinski definition) is 3. The van der Waals surface area contributed by atoms with Gasteiger partial charge in [0, 0.05) is 19.7 Å². The Morgan fingerprint density at radius 1 is 1.04 bits per heavy atom. The van der Waals surface area contributed by atoms with Crippen molar-refractivity contribution in [2.75, 3.05) is 14.1 Å². The number of carbonyl (C=O) groups excluding carboxylic acids is 1. The highest BCUT2D eigenvalue weighted by Crippen LogP contribution is 2.19. The fourth-order valence-corrected chi connectivity index (χ4v) is 3.35. The first-order chi connectivity index (χ1) is 11.8. The maximum absolute atomic E-state index is 12.5. The summed E-state index contributed by atoms with van der Waals surface area (Å²) in [5.41, 5.74) is 2.65. The van der Waals surface area contributed by atoms with E-state index in [1.165, 1.54) is 43.9 Å². The van der Waals surface area contributed by atoms with Gasteiger partial charge in [0.05, 0.1) is 10.9 Å². The van der Waals surface area contributed by atoms with Crippen molar-refractivity contribution in [3.05, 3.63) is 65.2 Å². The van der Waals surface area contributed by atoms with Crippen LogP contribution < -0.4 is 5.32 Å². The van der Waals surface area contributed by atoms with Crippen LogP contribution >= 0.6 is 0 Å². The summed E-state index contributed by atoms with van der Waals surface area (Å²) in [4.78, 5) is 12.6. The summed E-state index contributed by atoms with van der Waals surface area (Å²) in [7, 11) is -0.541. The smallest absolute Gasteiger partial charge is 0.251 e. The lowest BCUT2D eigenvalue weighted by atomic mass is 10.0. The molecule has 1 unspecified atom stereocenters. The first-order valence-electron chi connectivity index (χ1n) is 8.15. The van der Waals surface area contributed by atoms with Gasteiger partial charge in [-0.3, -0.25) is 4.79 Å². The second-order valence-corrected chi connectivity index (χ2v) is 8.31. The maximum atomic E-state index is 12.5. The lowest BCUT2D eigenvalue weighted by Gasteiger charge is -2.18. The van der Waals surface area contributed by atoms with Crippen LogP contribution in [0.5, 0.6) is 0 Å². The predicted molar refractivity (Wildman–Crippen MR) is 99.0 cm³/mol. The number of carbonyl (C=O) groups is 1. The molecule has 25 heavy (non-hydrogen) atoms. The highest BCUT2D eigenvalue weighted by molar-refractivity contribution is 7.89. The van der Waals surface area contributed by atoms with Crippen molar-refractivity contribution in [2.24, 2.45) is 0 Å². The van der Waals surface area contributed by atoms with E-state index in [-0.39, 0.29) is 16.8 Å². The van der Waals surface area contributed by atoms with Gasteiger partial charge in [0.25, 0.3) is 5.91 Å². The summed E-state index contributed by atoms with van der Waals surface area (Å²) in [6, 6.07) is 14.0. The Hall–Kier alpha value is -2.18. The van der Waals surface area contributed by atoms with E-state index in [9.17, 15) is 13.2 Å². The van der Waals surface area contributed by atoms with Crippen molar-refractivity contribution in [1.29, 1.82) is 0 Å². The van der Waals surface area contributed by atoms with Crippen molar-refractivity contribution in [2.45, 2.75) is 31.2 Å². The molecule has 0 fully saturated rings. The van der Waals surface area contributed by atoms with E-state index in [1.54, 1.807) is 0 Å². The van der Waals surface area contributed by atoms with Crippen LogP contribution in [0.1, 0.15) is 40.9 Å². The SMILES string of the molecule is CCC(NC(=O)c1ccc(S(=O)(=O)N(C)C)cc1)c1ccc(C)cc1. The van der Waals surface area contributed by atoms with Crippen molar-refractivity contribution in [1.82, 2.24) is 9.62 Å². The molecule has 2 aromatic rings. The third kappa shape index (κ3) is 4.46. The normalized spacial score (nSPS) is 12.8. The number of hydrogen-bond donors (Lipinski definition) is 1. The average Bonchev–Trinajstić information content (AvgIpc) is 2.60. The summed E-state index contributed by atoms with van der Waals surface area (Å²) in [6.07, 6.45) is 0.766. The molecule has 0 aliphatic carbocycles. The molecule has 0 spiro atoms. The lowest BCUT2D eigenvalue weighted by molar-refractivity contribution is 0.0935. The highest BCUT2D eigenvalue weighted by Gasteiger charge is 2.18. The van der Waals surface area contributed by atoms with Gasteiger partial charge in [-0.15, -0.1) is 0 Å². The monoisotopic (exact) mass is 360 g/mol. The van der Waals surface area contributed by atoms with E-state index in [0.717, 1.165) is 16.3 Å². The molecule has 0 aromatic heterocycles. The Balaban J connectivity index is 2.16. The Labute approximate surface area is 149 Å². The van der Waals surface area contributed by atoms with Crippen LogP contribution in [-0.2, 0) is 10.0 Å². The molecule has 1 atom stereocenters. The number of aryl methyl sites for hydroxylation is 1. The second-order valence-electron chi connectivity index (χ2n) is 6.16. The van der Waals surface area contributed by atoms with Crippen LogP contribution in [0.4, 0.5) is 0 Å². The van der Waals surface area contributed by atoms with Crippen LogP contribution in [0, 0.1) is 6.92 Å². The molecule has 2 aromatic carbocycles. The van der Waals surface area contributed by atoms with Crippen LogP contribution in [0.2, 0.25) is 0 Å². The fourth-order valence-electron chi connectivity index (χ4n) is 2.45. The third-order valence-electron chi connectivity index (χ3n) is 4.09. The first-order valence-corrected chi connectivity index (χ1v) is 9.59. The number of nitrogens with zero attached hydrogens (tertiary/aromatic N) is 1. The van der Waals surface area contributed by atoms with Gasteiger partial charge in [-0.1, -0.05) is 36.8 Å². The Kier molecular flexibility index (Phi) is 5.98. The van der Waals surface area contributed by atoms with Crippen LogP contribution in [0.25, 0.3) is 0 Å². The zero-order valence-electron chi connectivity index (χ0n) is 15.0. The number of amides is 1. The summed E-state index contributed by atoms with van der Waals surface area (Å²) < 4.78 is 25.3. The third-order valence-corrected chi connectivity index (χ3v) is 5.92. The van der Waals surface area contributed by atoms with E-state index in [4.69, 9.17) is 0 Å². The Morgan fingerprint density at radius 2 is 1.60 bits per heavy atom. The van der Waals surface area contributed by atoms with E-state index in [1.807, 2.05) is 38.1 Å². The minimum absolute atomic E-state index is 0.0849. The van der Waals surface area contributed by atoms with E-state index in [2.05, 4.69) is 5.32 Å². The van der Waals surface area contributed by atoms with Crippen molar-refractivity contribution in [3.8, 4) is 0 Å². The van der Waals surface area contributed by atoms with Crippen LogP contribution in [0.3, 0.4) is 0 Å². The Bertz CT molecular complexity index is 826. The molecule has 1 N–H and O–H groups in total. The van der Waals surface area contributed by atoms with Gasteiger partial charge in [-0.2, -0.15) is 0 Å². The van der Waals surface area contributed by atoms with Gasteiger partial charge in [0.2, 0.25) is 10.0 Å². The number of benzene rings is 2. The number of rotatable bonds is 6. The molecular formula is C19H24N2O3S. The molecule has 0 heterocycles. The second kappa shape index (κ2) is 7.80. The minimum atomic E-state index is -3.49. The predicted octanol–water partition coefficient (Wildman–Crippen LogP) is 3.13. The Morgan fingerprint density at radius 3 is 2.08 bits per heavy atom. The molecule has 0 radical (unpaired) electrons. The molecule has 0 saturated carbocycles. The van der Waals surface area contributed by atoms with E-state index >= 15 is 0 Å². The van der Waals surface area contributed by atoms with Gasteiger partial charge < -0.3 is 5.32 Å². The first kappa shape index (κ1) is 19.1. The topological polar surface area (TPSA) is 66.5 Å². The summed E-state index contributed by atoms with van der Waals surface area (Å²) >= 11 is 0. The molecular weight excluding hydrogens is 336 g/mol. The molecule has 5 nitrogen and oxygen atoms in total. The molecule has 0 aliphatic heterocycles. The lowest BCUT2D eigenvalue weighted by Crippen LogP contribution is -2.28. The molecule has 134 valence electrons. The molecule has 0 aliphatic rings. The summed E-state index contributed by atoms with van der Waals surface area (Å²) in [6.45, 7) is 4.03. The van der Waals surface area contributed by atoms with E-state index < -0.39 is 10.0 Å². The van der Waals surface area contributed by atoms with Crippen molar-refractivity contribution in [3.63, 3.8) is 0 Å². The maximum Gasteiger partial charge on any atom is 0.251 e. The van der Waals surface area contributed by atoms with Gasteiger partial charge in [0.1, 0.15) is 0 Å². The summed E-state index contributed by atoms with van der Waals surface area (Å²) in [5.74, 6) is -0.221. The molecule has 1 amide bonds. The molecule has 6 heteroatoms. The highest BCUT2D eigenvalue weighted by atomic mass is 32.2. The number of sulfonamides is 1. The quantitative estimate of drug-likeness (QED) is 0.861. The fraction of sp³-hybridized carbons (Fsp3) is 0.316.